The summed E-state index contributed by atoms with van der Waals surface area (Å²) in [5.41, 5.74) is 0.705. The molecule has 0 unspecified atom stereocenters. The third-order valence-electron chi connectivity index (χ3n) is 3.83. The van der Waals surface area contributed by atoms with Crippen LogP contribution < -0.4 is 0 Å². The van der Waals surface area contributed by atoms with E-state index < -0.39 is 29.8 Å². The molecule has 10 heteroatoms. The van der Waals surface area contributed by atoms with Gasteiger partial charge in [0.15, 0.2) is 0 Å². The SMILES string of the molecule is C#C.CC(F)(F)F.CC=N[C@@H](c1cc(F)cc(C(F)(F)F)c1)c1ccc(Cl)cn1.Cc1ccccc1. The second-order valence-electron chi connectivity index (χ2n) is 6.92. The lowest BCUT2D eigenvalue weighted by Gasteiger charge is -2.15. The summed E-state index contributed by atoms with van der Waals surface area (Å²) in [5.74, 6) is -0.977. The number of aryl methyl sites for hydroxylation is 1. The van der Waals surface area contributed by atoms with E-state index in [9.17, 15) is 30.7 Å². The zero-order chi connectivity index (χ0) is 27.9. The smallest absolute Gasteiger partial charge is 0.283 e. The zero-order valence-corrected chi connectivity index (χ0v) is 20.3. The normalized spacial score (nSPS) is 11.7. The van der Waals surface area contributed by atoms with Crippen LogP contribution in [-0.2, 0) is 6.18 Å². The molecule has 36 heavy (non-hydrogen) atoms. The van der Waals surface area contributed by atoms with Crippen LogP contribution in [0.2, 0.25) is 5.02 Å². The van der Waals surface area contributed by atoms with Crippen LogP contribution >= 0.6 is 11.6 Å². The number of aromatic nitrogens is 1. The van der Waals surface area contributed by atoms with E-state index in [-0.39, 0.29) is 12.5 Å². The first kappa shape index (κ1) is 32.6. The van der Waals surface area contributed by atoms with Crippen molar-refractivity contribution >= 4 is 17.8 Å². The van der Waals surface area contributed by atoms with Gasteiger partial charge in [-0.3, -0.25) is 9.98 Å². The molecule has 0 saturated carbocycles. The van der Waals surface area contributed by atoms with E-state index in [1.54, 1.807) is 13.0 Å². The van der Waals surface area contributed by atoms with Gasteiger partial charge in [-0.25, -0.2) is 4.39 Å². The Morgan fingerprint density at radius 1 is 0.944 bits per heavy atom. The maximum Gasteiger partial charge on any atom is 0.416 e. The molecule has 0 radical (unpaired) electrons. The molecule has 0 saturated heterocycles. The number of terminal acetylenes is 1. The van der Waals surface area contributed by atoms with Gasteiger partial charge in [-0.15, -0.1) is 12.8 Å². The standard InChI is InChI=1S/C15H11ClF4N2.C7H8.C2H3F3.C2H2/c1-2-21-14(13-4-3-11(16)8-22-13)9-5-10(15(18,19)20)7-12(17)6-9;1-7-5-3-2-4-6-7;1-2(3,4)5;1-2/h2-8,14H,1H3;2-6H,1H3;1H3;1-2H/t14-;;;/m0.../s1. The number of aliphatic imine (C=N–C) groups is 1. The first-order valence-electron chi connectivity index (χ1n) is 10.1. The number of hydrogen-bond acceptors (Lipinski definition) is 2. The van der Waals surface area contributed by atoms with Gasteiger partial charge >= 0.3 is 12.4 Å². The van der Waals surface area contributed by atoms with Gasteiger partial charge in [0.2, 0.25) is 0 Å². The first-order valence-corrected chi connectivity index (χ1v) is 10.5. The van der Waals surface area contributed by atoms with Crippen LogP contribution in [0.1, 0.15) is 42.3 Å². The Morgan fingerprint density at radius 2 is 1.50 bits per heavy atom. The molecule has 0 N–H and O–H groups in total. The highest BCUT2D eigenvalue weighted by Gasteiger charge is 2.32. The van der Waals surface area contributed by atoms with Gasteiger partial charge in [0.05, 0.1) is 16.3 Å². The van der Waals surface area contributed by atoms with E-state index in [2.05, 4.69) is 41.9 Å². The van der Waals surface area contributed by atoms with E-state index in [1.807, 2.05) is 18.2 Å². The van der Waals surface area contributed by atoms with Crippen molar-refractivity contribution in [2.45, 2.75) is 39.2 Å². The van der Waals surface area contributed by atoms with Gasteiger partial charge in [0.1, 0.15) is 11.9 Å². The quantitative estimate of drug-likeness (QED) is 0.188. The van der Waals surface area contributed by atoms with Crippen molar-refractivity contribution in [1.29, 1.82) is 0 Å². The fourth-order valence-electron chi connectivity index (χ4n) is 2.50. The summed E-state index contributed by atoms with van der Waals surface area (Å²) in [6, 6.07) is 14.9. The van der Waals surface area contributed by atoms with Crippen LogP contribution in [0.25, 0.3) is 0 Å². The van der Waals surface area contributed by atoms with Crippen molar-refractivity contribution < 1.29 is 30.7 Å². The molecule has 0 aliphatic rings. The number of nitrogens with zero attached hydrogens (tertiary/aromatic N) is 2. The first-order chi connectivity index (χ1) is 16.7. The van der Waals surface area contributed by atoms with Crippen LogP contribution in [0.3, 0.4) is 0 Å². The van der Waals surface area contributed by atoms with Gasteiger partial charge in [0, 0.05) is 13.1 Å². The molecule has 3 aromatic rings. The molecule has 3 rings (SSSR count). The number of alkyl halides is 6. The van der Waals surface area contributed by atoms with Crippen molar-refractivity contribution in [3.63, 3.8) is 0 Å². The average molecular weight is 533 g/mol. The minimum Gasteiger partial charge on any atom is -0.283 e. The molecule has 0 spiro atoms. The maximum absolute atomic E-state index is 13.5. The third-order valence-corrected chi connectivity index (χ3v) is 4.06. The average Bonchev–Trinajstić information content (AvgIpc) is 2.78. The van der Waals surface area contributed by atoms with Gasteiger partial charge in [-0.1, -0.05) is 47.5 Å². The summed E-state index contributed by atoms with van der Waals surface area (Å²) in [7, 11) is 0. The molecule has 0 fully saturated rings. The maximum atomic E-state index is 13.5. The summed E-state index contributed by atoms with van der Waals surface area (Å²) in [6.45, 7) is 3.89. The summed E-state index contributed by atoms with van der Waals surface area (Å²) in [6.07, 6.45) is 2.16. The van der Waals surface area contributed by atoms with Crippen molar-refractivity contribution in [3.05, 3.63) is 100 Å². The Kier molecular flexibility index (Phi) is 14.1. The van der Waals surface area contributed by atoms with Crippen LogP contribution in [0.15, 0.2) is 71.9 Å². The molecular weight excluding hydrogens is 509 g/mol. The predicted octanol–water partition coefficient (Wildman–Crippen LogP) is 8.89. The fraction of sp³-hybridized carbons (Fsp3) is 0.231. The molecular formula is C26H24ClF7N2. The van der Waals surface area contributed by atoms with Gasteiger partial charge in [-0.05, 0) is 56.0 Å². The van der Waals surface area contributed by atoms with Gasteiger partial charge < -0.3 is 0 Å². The summed E-state index contributed by atoms with van der Waals surface area (Å²) in [4.78, 5) is 8.14. The molecule has 0 aliphatic heterocycles. The lowest BCUT2D eigenvalue weighted by atomic mass is 10.0. The number of hydrogen-bond donors (Lipinski definition) is 0. The summed E-state index contributed by atoms with van der Waals surface area (Å²) < 4.78 is 83.1. The van der Waals surface area contributed by atoms with Crippen molar-refractivity contribution in [3.8, 4) is 12.8 Å². The molecule has 1 heterocycles. The Morgan fingerprint density at radius 3 is 1.89 bits per heavy atom. The second-order valence-corrected chi connectivity index (χ2v) is 7.35. The molecule has 1 aromatic heterocycles. The lowest BCUT2D eigenvalue weighted by molar-refractivity contribution is -0.137. The molecule has 194 valence electrons. The monoisotopic (exact) mass is 532 g/mol. The van der Waals surface area contributed by atoms with E-state index in [0.717, 1.165) is 12.1 Å². The van der Waals surface area contributed by atoms with Crippen LogP contribution in [0.5, 0.6) is 0 Å². The topological polar surface area (TPSA) is 25.2 Å². The molecule has 0 bridgehead atoms. The lowest BCUT2D eigenvalue weighted by Crippen LogP contribution is -2.09. The van der Waals surface area contributed by atoms with Crippen molar-refractivity contribution in [2.75, 3.05) is 0 Å². The third kappa shape index (κ3) is 14.1. The van der Waals surface area contributed by atoms with Crippen LogP contribution in [0.4, 0.5) is 30.7 Å². The molecule has 2 aromatic carbocycles. The minimum atomic E-state index is -4.63. The van der Waals surface area contributed by atoms with E-state index in [1.165, 1.54) is 24.0 Å². The highest BCUT2D eigenvalue weighted by molar-refractivity contribution is 6.30. The second kappa shape index (κ2) is 15.6. The number of benzene rings is 2. The fourth-order valence-corrected chi connectivity index (χ4v) is 2.61. The molecule has 0 aliphatic carbocycles. The highest BCUT2D eigenvalue weighted by atomic mass is 35.5. The Hall–Kier alpha value is -3.38. The Labute approximate surface area is 210 Å². The Bertz CT molecular complexity index is 1070. The number of rotatable bonds is 3. The number of halogens is 8. The summed E-state index contributed by atoms with van der Waals surface area (Å²) in [5, 5.41) is 0.387. The summed E-state index contributed by atoms with van der Waals surface area (Å²) >= 11 is 5.74. The largest absolute Gasteiger partial charge is 0.416 e. The number of pyridine rings is 1. The Balaban J connectivity index is 0.000000715. The van der Waals surface area contributed by atoms with E-state index in [4.69, 9.17) is 11.6 Å². The van der Waals surface area contributed by atoms with Gasteiger partial charge in [0.25, 0.3) is 0 Å². The van der Waals surface area contributed by atoms with Crippen molar-refractivity contribution in [1.82, 2.24) is 4.98 Å². The van der Waals surface area contributed by atoms with Crippen molar-refractivity contribution in [2.24, 2.45) is 4.99 Å². The van der Waals surface area contributed by atoms with Crippen LogP contribution in [0, 0.1) is 25.6 Å². The molecule has 2 nitrogen and oxygen atoms in total. The molecule has 0 amide bonds. The zero-order valence-electron chi connectivity index (χ0n) is 19.6. The van der Waals surface area contributed by atoms with E-state index >= 15 is 0 Å². The predicted molar refractivity (Wildman–Crippen MR) is 129 cm³/mol. The van der Waals surface area contributed by atoms with E-state index in [0.29, 0.717) is 16.8 Å². The molecule has 1 atom stereocenters. The highest BCUT2D eigenvalue weighted by Crippen LogP contribution is 2.34. The van der Waals surface area contributed by atoms with Gasteiger partial charge in [-0.2, -0.15) is 26.3 Å². The van der Waals surface area contributed by atoms with Crippen LogP contribution in [-0.4, -0.2) is 17.4 Å². The minimum absolute atomic E-state index is 0.0697.